The molecule has 0 saturated heterocycles. The van der Waals surface area contributed by atoms with E-state index in [0.29, 0.717) is 17.0 Å². The molecule has 1 aromatic carbocycles. The Kier molecular flexibility index (Phi) is 5.01. The van der Waals surface area contributed by atoms with E-state index in [-0.39, 0.29) is 23.8 Å². The highest BCUT2D eigenvalue weighted by Crippen LogP contribution is 2.26. The highest BCUT2D eigenvalue weighted by Gasteiger charge is 2.24. The van der Waals surface area contributed by atoms with Crippen LogP contribution in [0, 0.1) is 5.82 Å². The molecule has 1 amide bonds. The molecule has 2 aromatic heterocycles. The van der Waals surface area contributed by atoms with Crippen LogP contribution < -0.4 is 15.8 Å². The van der Waals surface area contributed by atoms with E-state index < -0.39 is 5.91 Å². The lowest BCUT2D eigenvalue weighted by Crippen LogP contribution is -2.32. The van der Waals surface area contributed by atoms with E-state index in [2.05, 4.69) is 20.3 Å². The second-order valence-corrected chi connectivity index (χ2v) is 6.85. The minimum atomic E-state index is -0.552. The van der Waals surface area contributed by atoms with E-state index in [1.807, 2.05) is 0 Å². The number of pyridine rings is 1. The summed E-state index contributed by atoms with van der Waals surface area (Å²) >= 11 is 0. The number of nitrogens with zero attached hydrogens (tertiary/aromatic N) is 3. The fourth-order valence-electron chi connectivity index (χ4n) is 3.40. The van der Waals surface area contributed by atoms with E-state index in [4.69, 9.17) is 10.5 Å². The molecule has 1 saturated carbocycles. The number of rotatable bonds is 5. The first-order valence-electron chi connectivity index (χ1n) is 9.19. The van der Waals surface area contributed by atoms with E-state index >= 15 is 0 Å². The number of benzene rings is 1. The van der Waals surface area contributed by atoms with Gasteiger partial charge in [-0.2, -0.15) is 0 Å². The number of nitrogens with one attached hydrogen (secondary N) is 1. The molecular formula is C20H20FN5O2. The molecule has 0 unspecified atom stereocenters. The molecule has 0 atom stereocenters. The Morgan fingerprint density at radius 2 is 2.00 bits per heavy atom. The van der Waals surface area contributed by atoms with Crippen LogP contribution >= 0.6 is 0 Å². The van der Waals surface area contributed by atoms with Gasteiger partial charge in [0.2, 0.25) is 11.8 Å². The van der Waals surface area contributed by atoms with Gasteiger partial charge in [0.1, 0.15) is 17.5 Å². The Morgan fingerprint density at radius 3 is 2.79 bits per heavy atom. The first-order chi connectivity index (χ1) is 13.6. The molecule has 1 aliphatic rings. The Balaban J connectivity index is 1.36. The molecule has 4 rings (SSSR count). The summed E-state index contributed by atoms with van der Waals surface area (Å²) in [5.74, 6) is -0.0995. The summed E-state index contributed by atoms with van der Waals surface area (Å²) in [5, 5.41) is 4.11. The second kappa shape index (κ2) is 7.75. The number of aromatic nitrogens is 3. The third kappa shape index (κ3) is 4.00. The van der Waals surface area contributed by atoms with Crippen LogP contribution in [0.2, 0.25) is 0 Å². The van der Waals surface area contributed by atoms with Crippen molar-refractivity contribution in [1.82, 2.24) is 15.0 Å². The van der Waals surface area contributed by atoms with E-state index in [9.17, 15) is 9.18 Å². The maximum Gasteiger partial charge on any atom is 0.254 e. The van der Waals surface area contributed by atoms with Gasteiger partial charge in [-0.25, -0.2) is 19.3 Å². The molecule has 1 aliphatic carbocycles. The van der Waals surface area contributed by atoms with Gasteiger partial charge in [0, 0.05) is 29.9 Å². The van der Waals surface area contributed by atoms with Gasteiger partial charge in [0.15, 0.2) is 0 Å². The fourth-order valence-corrected chi connectivity index (χ4v) is 3.40. The maximum atomic E-state index is 13.4. The number of carbonyl (C=O) groups excluding carboxylic acids is 1. The van der Waals surface area contributed by atoms with Gasteiger partial charge in [-0.05, 0) is 49.9 Å². The zero-order chi connectivity index (χ0) is 19.5. The summed E-state index contributed by atoms with van der Waals surface area (Å²) in [4.78, 5) is 24.3. The molecule has 0 bridgehead atoms. The molecule has 8 heteroatoms. The van der Waals surface area contributed by atoms with Gasteiger partial charge in [0.05, 0.1) is 5.52 Å². The Bertz CT molecular complexity index is 1000. The Hall–Kier alpha value is -3.29. The zero-order valence-electron chi connectivity index (χ0n) is 15.1. The number of nitrogens with two attached hydrogens (primary N) is 1. The number of halogens is 1. The van der Waals surface area contributed by atoms with Crippen molar-refractivity contribution in [2.75, 3.05) is 5.32 Å². The van der Waals surface area contributed by atoms with Crippen molar-refractivity contribution in [3.63, 3.8) is 0 Å². The van der Waals surface area contributed by atoms with Gasteiger partial charge in [-0.3, -0.25) is 4.79 Å². The van der Waals surface area contributed by atoms with Crippen LogP contribution in [0.15, 0.2) is 42.7 Å². The molecule has 7 nitrogen and oxygen atoms in total. The summed E-state index contributed by atoms with van der Waals surface area (Å²) in [5.41, 5.74) is 6.23. The molecule has 144 valence electrons. The smallest absolute Gasteiger partial charge is 0.254 e. The molecule has 0 aliphatic heterocycles. The molecule has 2 heterocycles. The second-order valence-electron chi connectivity index (χ2n) is 6.85. The Labute approximate surface area is 161 Å². The van der Waals surface area contributed by atoms with Crippen LogP contribution in [0.4, 0.5) is 10.3 Å². The van der Waals surface area contributed by atoms with Crippen LogP contribution in [0.3, 0.4) is 0 Å². The van der Waals surface area contributed by atoms with Crippen LogP contribution in [0.25, 0.3) is 10.9 Å². The summed E-state index contributed by atoms with van der Waals surface area (Å²) in [6, 6.07) is 7.92. The average molecular weight is 381 g/mol. The van der Waals surface area contributed by atoms with E-state index in [0.717, 1.165) is 31.1 Å². The van der Waals surface area contributed by atoms with Crippen molar-refractivity contribution in [1.29, 1.82) is 0 Å². The van der Waals surface area contributed by atoms with Gasteiger partial charge in [-0.1, -0.05) is 0 Å². The standard InChI is InChI=1S/C20H20FN5O2/c21-13-4-3-12-11-24-20(26-17(12)10-13)25-14-5-7-15(8-6-14)28-19-16(18(22)27)2-1-9-23-19/h1-4,9-11,14-15H,5-8H2,(H2,22,27)(H,24,25,26)/t14-,15-. The first kappa shape index (κ1) is 18.1. The topological polar surface area (TPSA) is 103 Å². The predicted octanol–water partition coefficient (Wildman–Crippen LogP) is 3.06. The summed E-state index contributed by atoms with van der Waals surface area (Å²) in [6.07, 6.45) is 6.54. The maximum absolute atomic E-state index is 13.4. The van der Waals surface area contributed by atoms with Crippen LogP contribution in [0.5, 0.6) is 5.88 Å². The largest absolute Gasteiger partial charge is 0.474 e. The number of hydrogen-bond acceptors (Lipinski definition) is 6. The third-order valence-corrected chi connectivity index (χ3v) is 4.87. The average Bonchev–Trinajstić information content (AvgIpc) is 2.69. The summed E-state index contributed by atoms with van der Waals surface area (Å²) < 4.78 is 19.3. The number of amides is 1. The molecule has 0 radical (unpaired) electrons. The third-order valence-electron chi connectivity index (χ3n) is 4.87. The lowest BCUT2D eigenvalue weighted by molar-refractivity contribution is 0.0983. The van der Waals surface area contributed by atoms with Gasteiger partial charge < -0.3 is 15.8 Å². The van der Waals surface area contributed by atoms with Crippen molar-refractivity contribution in [2.24, 2.45) is 5.73 Å². The van der Waals surface area contributed by atoms with Crippen molar-refractivity contribution in [3.05, 3.63) is 54.1 Å². The van der Waals surface area contributed by atoms with Crippen molar-refractivity contribution >= 4 is 22.8 Å². The minimum absolute atomic E-state index is 0.0299. The predicted molar refractivity (Wildman–Crippen MR) is 103 cm³/mol. The minimum Gasteiger partial charge on any atom is -0.474 e. The first-order valence-corrected chi connectivity index (χ1v) is 9.19. The van der Waals surface area contributed by atoms with Crippen molar-refractivity contribution < 1.29 is 13.9 Å². The fraction of sp³-hybridized carbons (Fsp3) is 0.300. The van der Waals surface area contributed by atoms with Gasteiger partial charge >= 0.3 is 0 Å². The van der Waals surface area contributed by atoms with Gasteiger partial charge in [-0.15, -0.1) is 0 Å². The Morgan fingerprint density at radius 1 is 1.18 bits per heavy atom. The summed E-state index contributed by atoms with van der Waals surface area (Å²) in [7, 11) is 0. The highest BCUT2D eigenvalue weighted by atomic mass is 19.1. The zero-order valence-corrected chi connectivity index (χ0v) is 15.1. The molecule has 0 spiro atoms. The monoisotopic (exact) mass is 381 g/mol. The SMILES string of the molecule is NC(=O)c1cccnc1O[C@H]1CC[C@H](Nc2ncc3ccc(F)cc3n2)CC1. The van der Waals surface area contributed by atoms with Crippen molar-refractivity contribution in [2.45, 2.75) is 37.8 Å². The number of hydrogen-bond donors (Lipinski definition) is 2. The van der Waals surface area contributed by atoms with Gasteiger partial charge in [0.25, 0.3) is 5.91 Å². The molecule has 28 heavy (non-hydrogen) atoms. The lowest BCUT2D eigenvalue weighted by Gasteiger charge is -2.29. The normalized spacial score (nSPS) is 19.3. The van der Waals surface area contributed by atoms with E-state index in [1.54, 1.807) is 30.6 Å². The van der Waals surface area contributed by atoms with Crippen molar-refractivity contribution in [3.8, 4) is 5.88 Å². The molecule has 3 N–H and O–H groups in total. The quantitative estimate of drug-likeness (QED) is 0.704. The van der Waals surface area contributed by atoms with Crippen LogP contribution in [0.1, 0.15) is 36.0 Å². The number of primary amides is 1. The number of fused-ring (bicyclic) bond motifs is 1. The van der Waals surface area contributed by atoms with E-state index in [1.165, 1.54) is 12.1 Å². The number of carbonyl (C=O) groups is 1. The van der Waals surface area contributed by atoms with Crippen LogP contribution in [-0.4, -0.2) is 33.0 Å². The van der Waals surface area contributed by atoms with Crippen LogP contribution in [-0.2, 0) is 0 Å². The number of ether oxygens (including phenoxy) is 1. The number of anilines is 1. The molecule has 3 aromatic rings. The molecular weight excluding hydrogens is 361 g/mol. The molecule has 1 fully saturated rings. The summed E-state index contributed by atoms with van der Waals surface area (Å²) in [6.45, 7) is 0. The lowest BCUT2D eigenvalue weighted by atomic mass is 9.93. The highest BCUT2D eigenvalue weighted by molar-refractivity contribution is 5.94.